The van der Waals surface area contributed by atoms with E-state index in [2.05, 4.69) is 0 Å². The van der Waals surface area contributed by atoms with Gasteiger partial charge in [-0.3, -0.25) is 0 Å². The molecule has 2 aromatic rings. The summed E-state index contributed by atoms with van der Waals surface area (Å²) >= 11 is 0. The van der Waals surface area contributed by atoms with Gasteiger partial charge in [-0.2, -0.15) is 65.8 Å². The van der Waals surface area contributed by atoms with E-state index in [0.717, 1.165) is 24.3 Å². The van der Waals surface area contributed by atoms with Crippen molar-refractivity contribution >= 4 is 11.1 Å². The van der Waals surface area contributed by atoms with Crippen LogP contribution in [0.3, 0.4) is 0 Å². The van der Waals surface area contributed by atoms with Crippen molar-refractivity contribution in [3.05, 3.63) is 67.8 Å². The first-order chi connectivity index (χ1) is 17.0. The summed E-state index contributed by atoms with van der Waals surface area (Å²) in [5.74, 6) is -2.09. The molecule has 0 spiro atoms. The van der Waals surface area contributed by atoms with Crippen LogP contribution in [0.5, 0.6) is 0 Å². The Bertz CT molecular complexity index is 1590. The van der Waals surface area contributed by atoms with E-state index in [1.807, 2.05) is 0 Å². The number of hydrogen-bond donors (Lipinski definition) is 0. The zero-order chi connectivity index (χ0) is 28.5. The molecule has 15 heteroatoms. The molecule has 0 N–H and O–H groups in total. The fourth-order valence-electron chi connectivity index (χ4n) is 3.26. The smallest absolute Gasteiger partial charge is 0.206 e. The minimum absolute atomic E-state index is 0.0429. The van der Waals surface area contributed by atoms with Gasteiger partial charge < -0.3 is 0 Å². The number of hydrogen-bond acceptors (Lipinski definition) is 5. The Labute approximate surface area is 198 Å². The van der Waals surface area contributed by atoms with Crippen LogP contribution in [0, 0.1) is 62.5 Å². The van der Waals surface area contributed by atoms with Gasteiger partial charge in [0.25, 0.3) is 0 Å². The zero-order valence-corrected chi connectivity index (χ0v) is 17.2. The summed E-state index contributed by atoms with van der Waals surface area (Å²) in [5, 5.41) is 42.4. The summed E-state index contributed by atoms with van der Waals surface area (Å²) in [6.45, 7) is 0. The molecule has 186 valence electrons. The number of nitrogens with zero attached hydrogens (tertiary/aromatic N) is 5. The first kappa shape index (κ1) is 28.2. The number of benzene rings is 2. The highest BCUT2D eigenvalue weighted by Gasteiger charge is 2.43. The van der Waals surface area contributed by atoms with Crippen molar-refractivity contribution in [3.63, 3.8) is 0 Å². The van der Waals surface area contributed by atoms with Gasteiger partial charge in [-0.05, 0) is 23.8 Å². The zero-order valence-electron chi connectivity index (χ0n) is 17.2. The Morgan fingerprint density at radius 2 is 1.08 bits per heavy atom. The predicted molar refractivity (Wildman–Crippen MR) is 99.3 cm³/mol. The van der Waals surface area contributed by atoms with Crippen LogP contribution in [0.4, 0.5) is 43.9 Å². The average Bonchev–Trinajstić information content (AvgIpc) is 2.78. The molecule has 0 saturated carbocycles. The lowest BCUT2D eigenvalue weighted by Gasteiger charge is -2.17. The third kappa shape index (κ3) is 5.15. The van der Waals surface area contributed by atoms with Crippen LogP contribution in [0.1, 0.15) is 33.4 Å². The molecule has 37 heavy (non-hydrogen) atoms. The van der Waals surface area contributed by atoms with Crippen molar-refractivity contribution in [2.24, 2.45) is 0 Å². The molecule has 0 fully saturated rings. The number of nitriles is 5. The van der Waals surface area contributed by atoms with Crippen LogP contribution < -0.4 is 10.4 Å². The standard InChI is InChI=1S/C22H3F10N5/c23-17-3-11(10(4-33)5-34)13(7-36)19(22(30,31)32)18(17)12(6-35)9-1-15(20(24,25)26)14(8-37)16(2-9)21(27,28)29/h1-3H/b18-12+. The lowest BCUT2D eigenvalue weighted by atomic mass is 9.90. The molecule has 0 aliphatic carbocycles. The van der Waals surface area contributed by atoms with Gasteiger partial charge in [-0.25, -0.2) is 4.39 Å². The predicted octanol–water partition coefficient (Wildman–Crippen LogP) is 4.55. The van der Waals surface area contributed by atoms with E-state index in [0.29, 0.717) is 6.07 Å². The molecule has 0 amide bonds. The van der Waals surface area contributed by atoms with Gasteiger partial charge in [0.05, 0.1) is 33.4 Å². The maximum Gasteiger partial charge on any atom is 0.418 e. The Kier molecular flexibility index (Phi) is 7.25. The van der Waals surface area contributed by atoms with Gasteiger partial charge in [0.2, 0.25) is 0 Å². The second-order valence-corrected chi connectivity index (χ2v) is 6.78. The van der Waals surface area contributed by atoms with E-state index in [9.17, 15) is 50.0 Å². The van der Waals surface area contributed by atoms with Gasteiger partial charge in [-0.15, -0.1) is 0 Å². The van der Waals surface area contributed by atoms with Crippen LogP contribution in [0.2, 0.25) is 0 Å². The van der Waals surface area contributed by atoms with E-state index < -0.39 is 79.3 Å². The minimum atomic E-state index is -5.76. The van der Waals surface area contributed by atoms with Crippen LogP contribution in [0.15, 0.2) is 18.2 Å². The molecule has 2 aromatic carbocycles. The van der Waals surface area contributed by atoms with Crippen molar-refractivity contribution in [2.45, 2.75) is 18.5 Å². The quantitative estimate of drug-likeness (QED) is 0.505. The molecular weight excluding hydrogens is 524 g/mol. The Morgan fingerprint density at radius 3 is 1.41 bits per heavy atom. The molecule has 0 heterocycles. The molecule has 0 aliphatic heterocycles. The molecule has 5 nitrogen and oxygen atoms in total. The topological polar surface area (TPSA) is 119 Å². The van der Waals surface area contributed by atoms with Gasteiger partial charge >= 0.3 is 18.5 Å². The number of halogens is 10. The summed E-state index contributed by atoms with van der Waals surface area (Å²) in [5.41, 5.74) is -14.8. The SMILES string of the molecule is N#CC(C#N)=c1cc(F)/c(=C(/C#N)c2cc(C(F)(F)F)c(C#N)c(C(F)(F)F)c2)c(C(F)(F)F)c1C#N. The number of rotatable bonds is 1. The van der Waals surface area contributed by atoms with Crippen molar-refractivity contribution in [2.75, 3.05) is 0 Å². The Morgan fingerprint density at radius 1 is 0.622 bits per heavy atom. The highest BCUT2D eigenvalue weighted by Crippen LogP contribution is 2.41. The molecule has 0 aromatic heterocycles. The highest BCUT2D eigenvalue weighted by molar-refractivity contribution is 5.80. The van der Waals surface area contributed by atoms with Gasteiger partial charge in [-0.1, -0.05) is 0 Å². The normalized spacial score (nSPS) is 12.4. The summed E-state index contributed by atoms with van der Waals surface area (Å²) in [7, 11) is 0. The van der Waals surface area contributed by atoms with E-state index in [4.69, 9.17) is 15.8 Å². The summed E-state index contributed by atoms with van der Waals surface area (Å²) in [6.07, 6.45) is -17.1. The third-order valence-corrected chi connectivity index (χ3v) is 4.68. The lowest BCUT2D eigenvalue weighted by molar-refractivity contribution is -0.143. The maximum absolute atomic E-state index is 15.0. The van der Waals surface area contributed by atoms with Gasteiger partial charge in [0.15, 0.2) is 0 Å². The average molecular weight is 527 g/mol. The summed E-state index contributed by atoms with van der Waals surface area (Å²) < 4.78 is 138. The first-order valence-corrected chi connectivity index (χ1v) is 8.99. The Hall–Kier alpha value is -5.07. The third-order valence-electron chi connectivity index (χ3n) is 4.68. The van der Waals surface area contributed by atoms with Crippen molar-refractivity contribution < 1.29 is 43.9 Å². The van der Waals surface area contributed by atoms with Crippen LogP contribution in [-0.2, 0) is 18.5 Å². The monoisotopic (exact) mass is 527 g/mol. The first-order valence-electron chi connectivity index (χ1n) is 8.99. The molecule has 0 bridgehead atoms. The molecule has 0 saturated heterocycles. The van der Waals surface area contributed by atoms with Crippen molar-refractivity contribution in [1.82, 2.24) is 0 Å². The Balaban J connectivity index is 3.44. The number of alkyl halides is 9. The van der Waals surface area contributed by atoms with Crippen LogP contribution >= 0.6 is 0 Å². The maximum atomic E-state index is 15.0. The van der Waals surface area contributed by atoms with Gasteiger partial charge in [0, 0.05) is 10.4 Å². The second kappa shape index (κ2) is 9.53. The minimum Gasteiger partial charge on any atom is -0.206 e. The highest BCUT2D eigenvalue weighted by atomic mass is 19.4. The van der Waals surface area contributed by atoms with E-state index in [-0.39, 0.29) is 18.2 Å². The lowest BCUT2D eigenvalue weighted by Crippen LogP contribution is -2.32. The second-order valence-electron chi connectivity index (χ2n) is 6.78. The molecule has 0 radical (unpaired) electrons. The molecule has 0 unspecified atom stereocenters. The van der Waals surface area contributed by atoms with Crippen LogP contribution in [-0.4, -0.2) is 0 Å². The molecular formula is C22H3F10N5. The summed E-state index contributed by atoms with van der Waals surface area (Å²) in [6, 6.07) is 4.40. The van der Waals surface area contributed by atoms with E-state index in [1.54, 1.807) is 0 Å². The largest absolute Gasteiger partial charge is 0.418 e. The fraction of sp³-hybridized carbons (Fsp3) is 0.136. The molecule has 2 rings (SSSR count). The van der Waals surface area contributed by atoms with E-state index in [1.165, 1.54) is 0 Å². The van der Waals surface area contributed by atoms with Crippen molar-refractivity contribution in [1.29, 1.82) is 26.3 Å². The molecule has 0 atom stereocenters. The van der Waals surface area contributed by atoms with E-state index >= 15 is 4.39 Å². The van der Waals surface area contributed by atoms with Gasteiger partial charge in [0.1, 0.15) is 41.7 Å². The fourth-order valence-corrected chi connectivity index (χ4v) is 3.26. The summed E-state index contributed by atoms with van der Waals surface area (Å²) in [4.78, 5) is 0. The molecule has 0 aliphatic rings. The van der Waals surface area contributed by atoms with Crippen LogP contribution in [0.25, 0.3) is 11.1 Å². The van der Waals surface area contributed by atoms with Crippen molar-refractivity contribution in [3.8, 4) is 30.3 Å².